The number of benzene rings is 2. The molecule has 2 N–H and O–H groups in total. The molecule has 2 fully saturated rings. The van der Waals surface area contributed by atoms with Crippen molar-refractivity contribution in [3.8, 4) is 0 Å². The van der Waals surface area contributed by atoms with Gasteiger partial charge in [0.15, 0.2) is 0 Å². The molecule has 5 nitrogen and oxygen atoms in total. The Bertz CT molecular complexity index is 1110. The van der Waals surface area contributed by atoms with Crippen molar-refractivity contribution in [3.05, 3.63) is 83.1 Å². The monoisotopic (exact) mass is 528 g/mol. The molecule has 2 unspecified atom stereocenters. The van der Waals surface area contributed by atoms with Crippen LogP contribution in [0.2, 0.25) is 0 Å². The summed E-state index contributed by atoms with van der Waals surface area (Å²) in [5.74, 6) is 0. The van der Waals surface area contributed by atoms with Crippen LogP contribution in [-0.4, -0.2) is 24.8 Å². The van der Waals surface area contributed by atoms with E-state index in [1.807, 2.05) is 30.3 Å². The molecule has 4 rings (SSSR count). The molecule has 11 heteroatoms. The minimum atomic E-state index is -4.94. The topological polar surface area (TPSA) is 59.6 Å². The van der Waals surface area contributed by atoms with E-state index in [9.17, 15) is 31.1 Å². The van der Waals surface area contributed by atoms with Gasteiger partial charge in [-0.05, 0) is 55.2 Å². The molecule has 200 valence electrons. The number of hydrogen-bond acceptors (Lipinski definition) is 4. The molecule has 3 atom stereocenters. The summed E-state index contributed by atoms with van der Waals surface area (Å²) >= 11 is 0. The first kappa shape index (κ1) is 26.8. The van der Waals surface area contributed by atoms with E-state index in [4.69, 9.17) is 9.47 Å². The van der Waals surface area contributed by atoms with Crippen LogP contribution in [0.25, 0.3) is 0 Å². The van der Waals surface area contributed by atoms with Crippen LogP contribution in [0, 0.1) is 0 Å². The number of cyclic esters (lactones) is 1. The van der Waals surface area contributed by atoms with Crippen LogP contribution in [0.3, 0.4) is 0 Å². The fourth-order valence-electron chi connectivity index (χ4n) is 4.70. The standard InChI is InChI=1S/C26H26F6N2O3/c1-17(18-13-20(25(27,28)29)15-21(14-18)26(30,31)32)36-12-10-24(19-5-3-2-4-6-19)8-7-23(16-33-24)9-11-37-22(35)34-23/h2-6,10,12-15,17,33H,7-9,11,16H2,1H3,(H,34,35)/b12-10+/t17-,23?,24?/m1/s1. The predicted octanol–water partition coefficient (Wildman–Crippen LogP) is 6.46. The number of alkyl halides is 6. The molecule has 2 aliphatic rings. The van der Waals surface area contributed by atoms with Crippen molar-refractivity contribution in [2.45, 2.75) is 55.7 Å². The van der Waals surface area contributed by atoms with Gasteiger partial charge in [-0.2, -0.15) is 26.3 Å². The van der Waals surface area contributed by atoms with E-state index < -0.39 is 46.8 Å². The molecule has 0 aromatic heterocycles. The van der Waals surface area contributed by atoms with Crippen molar-refractivity contribution in [3.63, 3.8) is 0 Å². The lowest BCUT2D eigenvalue weighted by atomic mass is 9.74. The molecule has 2 saturated heterocycles. The second-order valence-corrected chi connectivity index (χ2v) is 9.40. The molecule has 0 bridgehead atoms. The van der Waals surface area contributed by atoms with Gasteiger partial charge in [0.2, 0.25) is 0 Å². The van der Waals surface area contributed by atoms with Gasteiger partial charge >= 0.3 is 18.4 Å². The number of carbonyl (C=O) groups excluding carboxylic acids is 1. The van der Waals surface area contributed by atoms with Crippen LogP contribution in [0.5, 0.6) is 0 Å². The molecule has 1 amide bonds. The maximum atomic E-state index is 13.2. The molecule has 0 saturated carbocycles. The predicted molar refractivity (Wildman–Crippen MR) is 122 cm³/mol. The third-order valence-corrected chi connectivity index (χ3v) is 6.92. The lowest BCUT2D eigenvalue weighted by molar-refractivity contribution is -0.143. The van der Waals surface area contributed by atoms with E-state index in [2.05, 4.69) is 10.6 Å². The Morgan fingerprint density at radius 2 is 1.62 bits per heavy atom. The van der Waals surface area contributed by atoms with Gasteiger partial charge in [-0.15, -0.1) is 0 Å². The Kier molecular flexibility index (Phi) is 7.20. The average molecular weight is 528 g/mol. The van der Waals surface area contributed by atoms with E-state index in [1.54, 1.807) is 6.08 Å². The number of carbonyl (C=O) groups is 1. The van der Waals surface area contributed by atoms with E-state index in [0.29, 0.717) is 44.5 Å². The average Bonchev–Trinajstić information content (AvgIpc) is 2.84. The molecule has 2 heterocycles. The molecule has 0 aliphatic carbocycles. The van der Waals surface area contributed by atoms with E-state index in [0.717, 1.165) is 5.56 Å². The number of rotatable bonds is 5. The second-order valence-electron chi connectivity index (χ2n) is 9.40. The fraction of sp³-hybridized carbons (Fsp3) is 0.423. The maximum absolute atomic E-state index is 13.2. The summed E-state index contributed by atoms with van der Waals surface area (Å²) in [5, 5.41) is 6.36. The van der Waals surface area contributed by atoms with Gasteiger partial charge in [0.25, 0.3) is 0 Å². The molecule has 0 radical (unpaired) electrons. The van der Waals surface area contributed by atoms with Crippen LogP contribution >= 0.6 is 0 Å². The Hall–Kier alpha value is -3.21. The van der Waals surface area contributed by atoms with Gasteiger partial charge in [0.1, 0.15) is 6.10 Å². The van der Waals surface area contributed by atoms with Gasteiger partial charge in [0.05, 0.1) is 35.1 Å². The molecule has 2 aromatic carbocycles. The first-order valence-corrected chi connectivity index (χ1v) is 11.7. The third-order valence-electron chi connectivity index (χ3n) is 6.92. The fourth-order valence-corrected chi connectivity index (χ4v) is 4.70. The number of hydrogen-bond donors (Lipinski definition) is 2. The summed E-state index contributed by atoms with van der Waals surface area (Å²) < 4.78 is 90.1. The number of halogens is 6. The van der Waals surface area contributed by atoms with Crippen molar-refractivity contribution < 1.29 is 40.6 Å². The molecule has 2 aromatic rings. The van der Waals surface area contributed by atoms with E-state index >= 15 is 0 Å². The van der Waals surface area contributed by atoms with Crippen LogP contribution in [0.15, 0.2) is 60.9 Å². The highest BCUT2D eigenvalue weighted by Crippen LogP contribution is 2.39. The van der Waals surface area contributed by atoms with Crippen molar-refractivity contribution >= 4 is 6.09 Å². The molecule has 37 heavy (non-hydrogen) atoms. The third kappa shape index (κ3) is 6.03. The zero-order valence-corrected chi connectivity index (χ0v) is 19.9. The highest BCUT2D eigenvalue weighted by molar-refractivity contribution is 5.69. The smallest absolute Gasteiger partial charge is 0.416 e. The first-order chi connectivity index (χ1) is 17.3. The first-order valence-electron chi connectivity index (χ1n) is 11.7. The largest absolute Gasteiger partial charge is 0.494 e. The van der Waals surface area contributed by atoms with Crippen molar-refractivity contribution in [2.24, 2.45) is 0 Å². The van der Waals surface area contributed by atoms with E-state index in [-0.39, 0.29) is 11.6 Å². The lowest BCUT2D eigenvalue weighted by Crippen LogP contribution is -2.64. The minimum Gasteiger partial charge on any atom is -0.494 e. The molecular formula is C26H26F6N2O3. The summed E-state index contributed by atoms with van der Waals surface area (Å²) in [7, 11) is 0. The number of nitrogens with one attached hydrogen (secondary N) is 2. The number of amides is 1. The Labute approximate surface area is 209 Å². The quantitative estimate of drug-likeness (QED) is 0.345. The summed E-state index contributed by atoms with van der Waals surface area (Å²) in [6.45, 7) is 2.12. The van der Waals surface area contributed by atoms with Crippen LogP contribution in [-0.2, 0) is 27.4 Å². The molecule has 1 spiro atoms. The van der Waals surface area contributed by atoms with Gasteiger partial charge in [0, 0.05) is 13.0 Å². The van der Waals surface area contributed by atoms with Gasteiger partial charge in [-0.3, -0.25) is 0 Å². The number of ether oxygens (including phenoxy) is 2. The van der Waals surface area contributed by atoms with Crippen molar-refractivity contribution in [1.82, 2.24) is 10.6 Å². The Morgan fingerprint density at radius 1 is 0.973 bits per heavy atom. The Balaban J connectivity index is 1.56. The number of piperidine rings is 1. The zero-order valence-electron chi connectivity index (χ0n) is 19.9. The van der Waals surface area contributed by atoms with Crippen LogP contribution in [0.4, 0.5) is 31.1 Å². The summed E-state index contributed by atoms with van der Waals surface area (Å²) in [4.78, 5) is 11.8. The summed E-state index contributed by atoms with van der Waals surface area (Å²) in [5.41, 5.74) is -3.33. The highest BCUT2D eigenvalue weighted by Gasteiger charge is 2.45. The maximum Gasteiger partial charge on any atom is 0.416 e. The SMILES string of the molecule is C[C@@H](O/C=C/C1(c2ccccc2)CCC2(CCOC(=O)N2)CN1)c1cc(C(F)(F)F)cc(C(F)(F)F)c1. The van der Waals surface area contributed by atoms with Crippen LogP contribution in [0.1, 0.15) is 54.5 Å². The lowest BCUT2D eigenvalue weighted by Gasteiger charge is -2.48. The van der Waals surface area contributed by atoms with Gasteiger partial charge in [-0.1, -0.05) is 30.3 Å². The normalized spacial score (nSPS) is 25.5. The minimum absolute atomic E-state index is 0.0906. The van der Waals surface area contributed by atoms with Crippen molar-refractivity contribution in [1.29, 1.82) is 0 Å². The Morgan fingerprint density at radius 3 is 2.16 bits per heavy atom. The zero-order chi connectivity index (χ0) is 26.9. The van der Waals surface area contributed by atoms with Crippen molar-refractivity contribution in [2.75, 3.05) is 13.2 Å². The van der Waals surface area contributed by atoms with Crippen LogP contribution < -0.4 is 10.6 Å². The van der Waals surface area contributed by atoms with Gasteiger partial charge in [-0.25, -0.2) is 4.79 Å². The summed E-state index contributed by atoms with van der Waals surface area (Å²) in [6, 6.07) is 10.8. The second kappa shape index (κ2) is 9.92. The summed E-state index contributed by atoms with van der Waals surface area (Å²) in [6.07, 6.45) is -6.63. The molecule has 2 aliphatic heterocycles. The molecular weight excluding hydrogens is 502 g/mol. The van der Waals surface area contributed by atoms with Gasteiger partial charge < -0.3 is 20.1 Å². The number of alkyl carbamates (subject to hydrolysis) is 1. The highest BCUT2D eigenvalue weighted by atomic mass is 19.4. The van der Waals surface area contributed by atoms with E-state index in [1.165, 1.54) is 13.2 Å².